The number of hydrogen-bond acceptors (Lipinski definition) is 6. The van der Waals surface area contributed by atoms with Crippen LogP contribution in [0.3, 0.4) is 0 Å². The number of carbonyl (C=O) groups excluding carboxylic acids is 2. The van der Waals surface area contributed by atoms with Gasteiger partial charge in [-0.3, -0.25) is 18.8 Å². The smallest absolute Gasteiger partial charge is 0.414 e. The van der Waals surface area contributed by atoms with E-state index in [2.05, 4.69) is 5.32 Å². The summed E-state index contributed by atoms with van der Waals surface area (Å²) in [4.78, 5) is 27.2. The summed E-state index contributed by atoms with van der Waals surface area (Å²) in [7, 11) is -2.39. The molecule has 1 atom stereocenters. The first-order chi connectivity index (χ1) is 16.2. The number of amides is 2. The maximum Gasteiger partial charge on any atom is 0.414 e. The van der Waals surface area contributed by atoms with Crippen LogP contribution in [0.1, 0.15) is 32.1 Å². The van der Waals surface area contributed by atoms with E-state index < -0.39 is 34.4 Å². The summed E-state index contributed by atoms with van der Waals surface area (Å²) in [5.41, 5.74) is -0.0110. The predicted molar refractivity (Wildman–Crippen MR) is 125 cm³/mol. The van der Waals surface area contributed by atoms with E-state index >= 15 is 8.78 Å². The highest BCUT2D eigenvalue weighted by Crippen LogP contribution is 2.55. The maximum absolute atomic E-state index is 15.0. The normalized spacial score (nSPS) is 26.6. The lowest BCUT2D eigenvalue weighted by Gasteiger charge is -2.51. The van der Waals surface area contributed by atoms with Crippen LogP contribution in [0.5, 0.6) is 0 Å². The van der Waals surface area contributed by atoms with Crippen molar-refractivity contribution in [3.05, 3.63) is 23.8 Å². The minimum Gasteiger partial charge on any atom is -0.442 e. The van der Waals surface area contributed by atoms with E-state index in [0.29, 0.717) is 30.5 Å². The van der Waals surface area contributed by atoms with Crippen LogP contribution in [-0.4, -0.2) is 64.9 Å². The van der Waals surface area contributed by atoms with Gasteiger partial charge in [-0.15, -0.1) is 0 Å². The maximum atomic E-state index is 15.0. The first-order valence-electron chi connectivity index (χ1n) is 11.9. The van der Waals surface area contributed by atoms with Crippen LogP contribution in [0, 0.1) is 29.4 Å². The van der Waals surface area contributed by atoms with Crippen molar-refractivity contribution in [3.8, 4) is 0 Å². The summed E-state index contributed by atoms with van der Waals surface area (Å²) in [5, 5.41) is 2.79. The van der Waals surface area contributed by atoms with Gasteiger partial charge in [0, 0.05) is 42.6 Å². The molecule has 0 spiro atoms. The van der Waals surface area contributed by atoms with Gasteiger partial charge in [-0.2, -0.15) is 10.6 Å². The zero-order valence-corrected chi connectivity index (χ0v) is 19.7. The zero-order valence-electron chi connectivity index (χ0n) is 18.9. The fraction of sp³-hybridized carbons (Fsp3) is 0.652. The van der Waals surface area contributed by atoms with Gasteiger partial charge in [0.1, 0.15) is 11.8 Å². The molecule has 11 heteroatoms. The highest BCUT2D eigenvalue weighted by atomic mass is 32.3. The molecule has 0 radical (unpaired) electrons. The van der Waals surface area contributed by atoms with Crippen molar-refractivity contribution in [1.29, 1.82) is 0 Å². The molecule has 1 aromatic carbocycles. The SMILES string of the molecule is O=C(NC[C@H]1CN(c2cc(F)c(N3CCC(C4CS(O)(O)C4)CC3)c(F)c2)C(=O)O1)C1CCC1. The molecule has 0 bridgehead atoms. The van der Waals surface area contributed by atoms with Crippen molar-refractivity contribution in [2.24, 2.45) is 17.8 Å². The van der Waals surface area contributed by atoms with Crippen LogP contribution in [0.4, 0.5) is 25.0 Å². The van der Waals surface area contributed by atoms with E-state index in [4.69, 9.17) is 4.74 Å². The number of carbonyl (C=O) groups is 2. The Morgan fingerprint density at radius 1 is 1.09 bits per heavy atom. The van der Waals surface area contributed by atoms with Gasteiger partial charge in [-0.05, 0) is 37.5 Å². The second-order valence-corrected chi connectivity index (χ2v) is 12.2. The lowest BCUT2D eigenvalue weighted by atomic mass is 9.85. The number of ether oxygens (including phenoxy) is 1. The van der Waals surface area contributed by atoms with Gasteiger partial charge in [0.15, 0.2) is 11.6 Å². The molecule has 1 aliphatic carbocycles. The molecule has 5 rings (SSSR count). The molecule has 4 fully saturated rings. The van der Waals surface area contributed by atoms with Gasteiger partial charge >= 0.3 is 6.09 Å². The van der Waals surface area contributed by atoms with E-state index in [9.17, 15) is 18.7 Å². The molecule has 2 amide bonds. The average Bonchev–Trinajstić information content (AvgIpc) is 3.10. The Labute approximate surface area is 199 Å². The fourth-order valence-electron chi connectivity index (χ4n) is 5.38. The standard InChI is InChI=1S/C23H31F2N3O5S/c24-19-8-17(28-11-18(33-23(28)30)10-26-22(29)15-2-1-3-15)9-20(25)21(19)27-6-4-14(5-7-27)16-12-34(31,32)13-16/h8-9,14-16,18,31-32H,1-7,10-13H2,(H,26,29)/t18-/m0/s1. The molecule has 0 unspecified atom stereocenters. The Hall–Kier alpha value is -2.11. The minimum absolute atomic E-state index is 0.0294. The number of cyclic esters (lactones) is 1. The molecule has 3 aliphatic heterocycles. The zero-order chi connectivity index (χ0) is 24.0. The van der Waals surface area contributed by atoms with Crippen molar-refractivity contribution >= 4 is 34.0 Å². The Morgan fingerprint density at radius 2 is 1.74 bits per heavy atom. The number of anilines is 2. The molecule has 4 aliphatic rings. The molecular weight excluding hydrogens is 468 g/mol. The topological polar surface area (TPSA) is 102 Å². The van der Waals surface area contributed by atoms with Gasteiger partial charge in [-0.1, -0.05) is 6.42 Å². The van der Waals surface area contributed by atoms with Crippen LogP contribution >= 0.6 is 10.6 Å². The molecular formula is C23H31F2N3O5S. The van der Waals surface area contributed by atoms with Crippen molar-refractivity contribution in [2.45, 2.75) is 38.2 Å². The van der Waals surface area contributed by atoms with E-state index in [0.717, 1.165) is 44.2 Å². The molecule has 3 heterocycles. The monoisotopic (exact) mass is 499 g/mol. The number of halogens is 2. The van der Waals surface area contributed by atoms with Gasteiger partial charge in [-0.25, -0.2) is 13.6 Å². The van der Waals surface area contributed by atoms with Crippen molar-refractivity contribution in [2.75, 3.05) is 47.5 Å². The Balaban J connectivity index is 1.19. The van der Waals surface area contributed by atoms with Gasteiger partial charge in [0.25, 0.3) is 0 Å². The largest absolute Gasteiger partial charge is 0.442 e. The molecule has 8 nitrogen and oxygen atoms in total. The number of benzene rings is 1. The van der Waals surface area contributed by atoms with Crippen LogP contribution in [-0.2, 0) is 9.53 Å². The Kier molecular flexibility index (Phi) is 6.36. The number of nitrogens with one attached hydrogen (secondary N) is 1. The van der Waals surface area contributed by atoms with Gasteiger partial charge in [0.05, 0.1) is 18.8 Å². The first kappa shape index (κ1) is 23.6. The minimum atomic E-state index is -2.39. The summed E-state index contributed by atoms with van der Waals surface area (Å²) in [6.07, 6.45) is 3.01. The third-order valence-electron chi connectivity index (χ3n) is 7.65. The summed E-state index contributed by atoms with van der Waals surface area (Å²) >= 11 is 0. The lowest BCUT2D eigenvalue weighted by molar-refractivity contribution is -0.127. The van der Waals surface area contributed by atoms with E-state index in [-0.39, 0.29) is 42.2 Å². The second kappa shape index (κ2) is 9.16. The second-order valence-electron chi connectivity index (χ2n) is 9.97. The fourth-order valence-corrected chi connectivity index (χ4v) is 7.20. The Bertz CT molecular complexity index is 937. The number of piperidine rings is 1. The lowest BCUT2D eigenvalue weighted by Crippen LogP contribution is -2.44. The average molecular weight is 500 g/mol. The van der Waals surface area contributed by atoms with Crippen LogP contribution in [0.2, 0.25) is 0 Å². The highest BCUT2D eigenvalue weighted by Gasteiger charge is 2.40. The summed E-state index contributed by atoms with van der Waals surface area (Å²) in [6.45, 7) is 1.25. The molecule has 1 aromatic rings. The summed E-state index contributed by atoms with van der Waals surface area (Å²) < 4.78 is 54.6. The van der Waals surface area contributed by atoms with E-state index in [1.165, 1.54) is 4.90 Å². The van der Waals surface area contributed by atoms with Crippen LogP contribution in [0.25, 0.3) is 0 Å². The molecule has 34 heavy (non-hydrogen) atoms. The molecule has 188 valence electrons. The van der Waals surface area contributed by atoms with E-state index in [1.807, 2.05) is 0 Å². The highest BCUT2D eigenvalue weighted by molar-refractivity contribution is 8.25. The Morgan fingerprint density at radius 3 is 2.29 bits per heavy atom. The van der Waals surface area contributed by atoms with E-state index in [1.54, 1.807) is 4.90 Å². The molecule has 3 saturated heterocycles. The van der Waals surface area contributed by atoms with Crippen LogP contribution in [0.15, 0.2) is 12.1 Å². The van der Waals surface area contributed by atoms with Gasteiger partial charge < -0.3 is 15.0 Å². The third kappa shape index (κ3) is 4.70. The molecule has 0 aromatic heterocycles. The van der Waals surface area contributed by atoms with Gasteiger partial charge in [0.2, 0.25) is 5.91 Å². The molecule has 3 N–H and O–H groups in total. The summed E-state index contributed by atoms with van der Waals surface area (Å²) in [6, 6.07) is 2.31. The number of rotatable bonds is 6. The van der Waals surface area contributed by atoms with Crippen molar-refractivity contribution in [1.82, 2.24) is 5.32 Å². The van der Waals surface area contributed by atoms with Crippen molar-refractivity contribution in [3.63, 3.8) is 0 Å². The quantitative estimate of drug-likeness (QED) is 0.550. The number of hydrogen-bond donors (Lipinski definition) is 3. The van der Waals surface area contributed by atoms with Crippen molar-refractivity contribution < 1.29 is 32.2 Å². The third-order valence-corrected chi connectivity index (χ3v) is 9.58. The molecule has 1 saturated carbocycles. The predicted octanol–water partition coefficient (Wildman–Crippen LogP) is 3.80. The summed E-state index contributed by atoms with van der Waals surface area (Å²) in [5.74, 6) is -0.00196. The number of nitrogens with zero attached hydrogens (tertiary/aromatic N) is 2. The first-order valence-corrected chi connectivity index (χ1v) is 13.8. The van der Waals surface area contributed by atoms with Crippen LogP contribution < -0.4 is 15.1 Å².